The Morgan fingerprint density at radius 3 is 2.50 bits per heavy atom. The van der Waals surface area contributed by atoms with Crippen LogP contribution in [0.1, 0.15) is 5.69 Å². The Balaban J connectivity index is 1.64. The summed E-state index contributed by atoms with van der Waals surface area (Å²) in [6, 6.07) is 12.2. The number of hydrogen-bond donors (Lipinski definition) is 0. The number of rotatable bonds is 4. The van der Waals surface area contributed by atoms with E-state index in [4.69, 9.17) is 4.74 Å². The maximum Gasteiger partial charge on any atom is 0.243 e. The van der Waals surface area contributed by atoms with Crippen LogP contribution in [-0.2, 0) is 10.0 Å². The summed E-state index contributed by atoms with van der Waals surface area (Å²) in [6.45, 7) is 2.57. The van der Waals surface area contributed by atoms with Gasteiger partial charge < -0.3 is 4.74 Å². The van der Waals surface area contributed by atoms with Crippen LogP contribution in [0.4, 0.5) is 0 Å². The third-order valence-electron chi connectivity index (χ3n) is 3.42. The summed E-state index contributed by atoms with van der Waals surface area (Å²) in [5.41, 5.74) is 0.871. The number of pyridine rings is 1. The van der Waals surface area contributed by atoms with Gasteiger partial charge >= 0.3 is 0 Å². The lowest BCUT2D eigenvalue weighted by molar-refractivity contribution is 0.0719. The number of sulfonamides is 1. The molecular weight excluding hydrogens is 368 g/mol. The Morgan fingerprint density at radius 1 is 1.18 bits per heavy atom. The summed E-state index contributed by atoms with van der Waals surface area (Å²) in [5.74, 6) is 0.533. The van der Waals surface area contributed by atoms with Crippen molar-refractivity contribution >= 4 is 26.0 Å². The first-order chi connectivity index (χ1) is 10.4. The molecule has 0 N–H and O–H groups in total. The molecule has 1 saturated heterocycles. The quantitative estimate of drug-likeness (QED) is 0.815. The summed E-state index contributed by atoms with van der Waals surface area (Å²) in [6.07, 6.45) is -0.153. The first kappa shape index (κ1) is 15.5. The van der Waals surface area contributed by atoms with Crippen LogP contribution in [0.15, 0.2) is 51.8 Å². The maximum atomic E-state index is 12.4. The monoisotopic (exact) mass is 382 g/mol. The molecule has 0 aliphatic carbocycles. The summed E-state index contributed by atoms with van der Waals surface area (Å²) >= 11 is 3.30. The topological polar surface area (TPSA) is 59.5 Å². The summed E-state index contributed by atoms with van der Waals surface area (Å²) < 4.78 is 32.8. The summed E-state index contributed by atoms with van der Waals surface area (Å²) in [5, 5.41) is 0. The Kier molecular flexibility index (Phi) is 4.20. The van der Waals surface area contributed by atoms with Crippen LogP contribution in [0.5, 0.6) is 5.88 Å². The van der Waals surface area contributed by atoms with E-state index in [1.165, 1.54) is 4.31 Å². The first-order valence-electron chi connectivity index (χ1n) is 6.81. The smallest absolute Gasteiger partial charge is 0.243 e. The highest BCUT2D eigenvalue weighted by Gasteiger charge is 2.38. The van der Waals surface area contributed by atoms with Crippen molar-refractivity contribution < 1.29 is 13.2 Å². The number of aryl methyl sites for hydroxylation is 1. The molecule has 0 bridgehead atoms. The molecule has 2 heterocycles. The Labute approximate surface area is 138 Å². The van der Waals surface area contributed by atoms with E-state index < -0.39 is 10.0 Å². The molecule has 22 heavy (non-hydrogen) atoms. The molecule has 0 unspecified atom stereocenters. The Morgan fingerprint density at radius 2 is 1.86 bits per heavy atom. The van der Waals surface area contributed by atoms with Gasteiger partial charge in [0, 0.05) is 16.2 Å². The molecule has 1 aliphatic rings. The molecular formula is C15H15BrN2O3S. The van der Waals surface area contributed by atoms with Gasteiger partial charge in [-0.3, -0.25) is 0 Å². The summed E-state index contributed by atoms with van der Waals surface area (Å²) in [7, 11) is -3.44. The van der Waals surface area contributed by atoms with E-state index in [0.717, 1.165) is 10.2 Å². The van der Waals surface area contributed by atoms with Crippen LogP contribution in [0.2, 0.25) is 0 Å². The van der Waals surface area contributed by atoms with Gasteiger partial charge in [-0.05, 0) is 37.3 Å². The van der Waals surface area contributed by atoms with Crippen molar-refractivity contribution in [3.63, 3.8) is 0 Å². The fourth-order valence-corrected chi connectivity index (χ4v) is 3.95. The van der Waals surface area contributed by atoms with Gasteiger partial charge in [-0.15, -0.1) is 0 Å². The molecule has 7 heteroatoms. The third kappa shape index (κ3) is 3.16. The molecule has 116 valence electrons. The predicted molar refractivity (Wildman–Crippen MR) is 86.3 cm³/mol. The highest BCUT2D eigenvalue weighted by molar-refractivity contribution is 9.10. The second kappa shape index (κ2) is 5.98. The lowest BCUT2D eigenvalue weighted by Gasteiger charge is -2.37. The molecule has 0 saturated carbocycles. The van der Waals surface area contributed by atoms with Crippen LogP contribution < -0.4 is 4.74 Å². The van der Waals surface area contributed by atoms with Crippen molar-refractivity contribution in [1.82, 2.24) is 9.29 Å². The minimum atomic E-state index is -3.44. The predicted octanol–water partition coefficient (Wildman–Crippen LogP) is 2.60. The van der Waals surface area contributed by atoms with E-state index in [-0.39, 0.29) is 6.10 Å². The van der Waals surface area contributed by atoms with Crippen molar-refractivity contribution in [3.8, 4) is 5.88 Å². The van der Waals surface area contributed by atoms with E-state index in [0.29, 0.717) is 23.9 Å². The lowest BCUT2D eigenvalue weighted by Crippen LogP contribution is -2.56. The van der Waals surface area contributed by atoms with Crippen molar-refractivity contribution in [2.75, 3.05) is 13.1 Å². The molecule has 0 spiro atoms. The lowest BCUT2D eigenvalue weighted by atomic mass is 10.2. The fourth-order valence-electron chi connectivity index (χ4n) is 2.18. The van der Waals surface area contributed by atoms with Gasteiger partial charge in [0.2, 0.25) is 15.9 Å². The van der Waals surface area contributed by atoms with Gasteiger partial charge in [-0.2, -0.15) is 4.31 Å². The minimum Gasteiger partial charge on any atom is -0.472 e. The van der Waals surface area contributed by atoms with E-state index in [1.54, 1.807) is 30.3 Å². The minimum absolute atomic E-state index is 0.153. The number of ether oxygens (including phenoxy) is 1. The van der Waals surface area contributed by atoms with Crippen LogP contribution in [0.3, 0.4) is 0 Å². The van der Waals surface area contributed by atoms with Crippen molar-refractivity contribution in [2.24, 2.45) is 0 Å². The van der Waals surface area contributed by atoms with E-state index in [9.17, 15) is 8.42 Å². The average Bonchev–Trinajstić information content (AvgIpc) is 2.43. The van der Waals surface area contributed by atoms with E-state index in [2.05, 4.69) is 20.9 Å². The molecule has 5 nitrogen and oxygen atoms in total. The zero-order valence-electron chi connectivity index (χ0n) is 11.9. The van der Waals surface area contributed by atoms with Crippen molar-refractivity contribution in [2.45, 2.75) is 17.9 Å². The molecule has 0 atom stereocenters. The number of benzene rings is 1. The zero-order valence-corrected chi connectivity index (χ0v) is 14.3. The molecule has 3 rings (SSSR count). The van der Waals surface area contributed by atoms with Gasteiger partial charge in [-0.1, -0.05) is 22.0 Å². The van der Waals surface area contributed by atoms with Gasteiger partial charge in [0.1, 0.15) is 6.10 Å². The average molecular weight is 383 g/mol. The van der Waals surface area contributed by atoms with Gasteiger partial charge in [0.15, 0.2) is 0 Å². The number of halogens is 1. The van der Waals surface area contributed by atoms with Gasteiger partial charge in [0.25, 0.3) is 0 Å². The van der Waals surface area contributed by atoms with Crippen LogP contribution in [0, 0.1) is 6.92 Å². The second-order valence-electron chi connectivity index (χ2n) is 5.13. The maximum absolute atomic E-state index is 12.4. The zero-order chi connectivity index (χ0) is 15.7. The molecule has 2 aromatic rings. The van der Waals surface area contributed by atoms with Gasteiger partial charge in [-0.25, -0.2) is 13.4 Å². The first-order valence-corrected chi connectivity index (χ1v) is 9.04. The second-order valence-corrected chi connectivity index (χ2v) is 7.99. The molecule has 0 radical (unpaired) electrons. The number of nitrogens with zero attached hydrogens (tertiary/aromatic N) is 2. The number of aromatic nitrogens is 1. The van der Waals surface area contributed by atoms with E-state index >= 15 is 0 Å². The third-order valence-corrected chi connectivity index (χ3v) is 5.79. The molecule has 0 amide bonds. The fraction of sp³-hybridized carbons (Fsp3) is 0.267. The largest absolute Gasteiger partial charge is 0.472 e. The summed E-state index contributed by atoms with van der Waals surface area (Å²) in [4.78, 5) is 4.55. The molecule has 1 aliphatic heterocycles. The number of hydrogen-bond acceptors (Lipinski definition) is 4. The van der Waals surface area contributed by atoms with Gasteiger partial charge in [0.05, 0.1) is 18.0 Å². The standard InChI is InChI=1S/C15H15BrN2O3S/c1-11-3-2-4-15(17-11)21-13-9-18(10-13)22(19,20)14-7-5-12(16)6-8-14/h2-8,13H,9-10H2,1H3. The van der Waals surface area contributed by atoms with E-state index in [1.807, 2.05) is 19.1 Å². The molecule has 1 fully saturated rings. The molecule has 1 aromatic heterocycles. The molecule has 1 aromatic carbocycles. The van der Waals surface area contributed by atoms with Crippen LogP contribution >= 0.6 is 15.9 Å². The highest BCUT2D eigenvalue weighted by atomic mass is 79.9. The normalized spacial score (nSPS) is 16.3. The van der Waals surface area contributed by atoms with Crippen LogP contribution in [-0.4, -0.2) is 36.9 Å². The Hall–Kier alpha value is -1.44. The van der Waals surface area contributed by atoms with Crippen molar-refractivity contribution in [1.29, 1.82) is 0 Å². The SMILES string of the molecule is Cc1cccc(OC2CN(S(=O)(=O)c3ccc(Br)cc3)C2)n1. The van der Waals surface area contributed by atoms with Crippen molar-refractivity contribution in [3.05, 3.63) is 52.6 Å². The highest BCUT2D eigenvalue weighted by Crippen LogP contribution is 2.25. The van der Waals surface area contributed by atoms with Crippen LogP contribution in [0.25, 0.3) is 0 Å². The Bertz CT molecular complexity index is 772.